The van der Waals surface area contributed by atoms with E-state index in [0.717, 1.165) is 4.31 Å². The van der Waals surface area contributed by atoms with Gasteiger partial charge in [-0.05, 0) is 81.0 Å². The van der Waals surface area contributed by atoms with Crippen molar-refractivity contribution in [2.75, 3.05) is 4.31 Å². The molecular formula is C28H40ClFN2O5S. The van der Waals surface area contributed by atoms with E-state index in [1.54, 1.807) is 19.9 Å². The van der Waals surface area contributed by atoms with Crippen LogP contribution in [0, 0.1) is 18.7 Å². The lowest BCUT2D eigenvalue weighted by molar-refractivity contribution is -0.142. The Morgan fingerprint density at radius 3 is 2.21 bits per heavy atom. The third-order valence-corrected chi connectivity index (χ3v) is 7.92. The van der Waals surface area contributed by atoms with Gasteiger partial charge in [0.05, 0.1) is 10.6 Å². The first kappa shape index (κ1) is 33.4. The first-order valence-electron chi connectivity index (χ1n) is 12.9. The highest BCUT2D eigenvalue weighted by Crippen LogP contribution is 2.31. The van der Waals surface area contributed by atoms with Gasteiger partial charge in [-0.25, -0.2) is 17.6 Å². The zero-order chi connectivity index (χ0) is 29.0. The molecule has 7 nitrogen and oxygen atoms in total. The van der Waals surface area contributed by atoms with E-state index in [9.17, 15) is 27.5 Å². The maximum atomic E-state index is 14.8. The van der Waals surface area contributed by atoms with Crippen molar-refractivity contribution in [1.29, 1.82) is 0 Å². The molecule has 2 aromatic rings. The highest BCUT2D eigenvalue weighted by Gasteiger charge is 2.31. The topological polar surface area (TPSA) is 104 Å². The van der Waals surface area contributed by atoms with Crippen molar-refractivity contribution in [3.05, 3.63) is 58.9 Å². The van der Waals surface area contributed by atoms with Gasteiger partial charge in [-0.15, -0.1) is 0 Å². The van der Waals surface area contributed by atoms with Crippen LogP contribution in [0.1, 0.15) is 72.3 Å². The number of unbranched alkanes of at least 4 members (excludes halogenated alkanes) is 1. The second kappa shape index (κ2) is 15.7. The predicted octanol–water partition coefficient (Wildman–Crippen LogP) is 6.57. The fourth-order valence-corrected chi connectivity index (χ4v) is 5.73. The number of benzene rings is 2. The third-order valence-electron chi connectivity index (χ3n) is 5.73. The predicted molar refractivity (Wildman–Crippen MR) is 151 cm³/mol. The Hall–Kier alpha value is -2.65. The lowest BCUT2D eigenvalue weighted by atomic mass is 10.0. The molecule has 0 aliphatic carbocycles. The molecule has 0 spiro atoms. The Morgan fingerprint density at radius 2 is 1.66 bits per heavy atom. The Labute approximate surface area is 231 Å². The number of amides is 1. The molecule has 0 saturated heterocycles. The van der Waals surface area contributed by atoms with Crippen molar-refractivity contribution in [3.8, 4) is 0 Å². The SMILES string of the molecule is CC.Cc1ccc(F)c(N([C@H](C)CCCCC(=O)N[C@@H](CC(C)C)C(=O)O)S(=O)(=O)c2ccc(Cl)cc2)c1. The minimum Gasteiger partial charge on any atom is -0.480 e. The van der Waals surface area contributed by atoms with E-state index < -0.39 is 33.9 Å². The molecule has 212 valence electrons. The number of nitrogens with one attached hydrogen (secondary N) is 1. The molecule has 0 aromatic heterocycles. The quantitative estimate of drug-likeness (QED) is 0.265. The lowest BCUT2D eigenvalue weighted by Gasteiger charge is -2.31. The van der Waals surface area contributed by atoms with Gasteiger partial charge in [0, 0.05) is 17.5 Å². The second-order valence-corrected chi connectivity index (χ2v) is 11.6. The summed E-state index contributed by atoms with van der Waals surface area (Å²) in [6.45, 7) is 11.2. The summed E-state index contributed by atoms with van der Waals surface area (Å²) in [5.41, 5.74) is 0.661. The van der Waals surface area contributed by atoms with Gasteiger partial charge in [0.15, 0.2) is 0 Å². The molecule has 2 aromatic carbocycles. The molecule has 2 rings (SSSR count). The number of aliphatic carboxylic acids is 1. The van der Waals surface area contributed by atoms with E-state index in [1.807, 2.05) is 27.7 Å². The summed E-state index contributed by atoms with van der Waals surface area (Å²) in [4.78, 5) is 23.6. The van der Waals surface area contributed by atoms with Crippen molar-refractivity contribution in [2.24, 2.45) is 5.92 Å². The van der Waals surface area contributed by atoms with Gasteiger partial charge in [0.1, 0.15) is 11.9 Å². The normalized spacial score (nSPS) is 12.8. The van der Waals surface area contributed by atoms with Crippen LogP contribution in [-0.4, -0.2) is 37.5 Å². The summed E-state index contributed by atoms with van der Waals surface area (Å²) < 4.78 is 43.0. The number of carbonyl (C=O) groups excluding carboxylic acids is 1. The van der Waals surface area contributed by atoms with E-state index in [0.29, 0.717) is 36.3 Å². The number of anilines is 1. The highest BCUT2D eigenvalue weighted by atomic mass is 35.5. The van der Waals surface area contributed by atoms with Crippen molar-refractivity contribution >= 4 is 39.2 Å². The monoisotopic (exact) mass is 570 g/mol. The van der Waals surface area contributed by atoms with E-state index in [-0.39, 0.29) is 28.8 Å². The Morgan fingerprint density at radius 1 is 1.05 bits per heavy atom. The van der Waals surface area contributed by atoms with Gasteiger partial charge in [0.2, 0.25) is 5.91 Å². The average molecular weight is 571 g/mol. The molecule has 0 unspecified atom stereocenters. The lowest BCUT2D eigenvalue weighted by Crippen LogP contribution is -2.41. The van der Waals surface area contributed by atoms with E-state index >= 15 is 0 Å². The van der Waals surface area contributed by atoms with Crippen molar-refractivity contribution in [2.45, 2.75) is 90.6 Å². The molecule has 0 bridgehead atoms. The van der Waals surface area contributed by atoms with Gasteiger partial charge < -0.3 is 10.4 Å². The van der Waals surface area contributed by atoms with Crippen LogP contribution in [0.3, 0.4) is 0 Å². The standard InChI is InChI=1S/C26H34ClFN2O5S.C2H6/c1-17(2)15-23(26(32)33)29-25(31)8-6-5-7-19(4)30(24-16-18(3)9-14-22(24)28)36(34,35)21-12-10-20(27)11-13-21;1-2/h9-14,16-17,19,23H,5-8,15H2,1-4H3,(H,29,31)(H,32,33);1-2H3/t19-,23+;/m1./s1. The third kappa shape index (κ3) is 9.91. The maximum Gasteiger partial charge on any atom is 0.326 e. The molecule has 0 aliphatic heterocycles. The molecule has 2 atom stereocenters. The summed E-state index contributed by atoms with van der Waals surface area (Å²) in [5, 5.41) is 12.2. The van der Waals surface area contributed by atoms with Crippen LogP contribution >= 0.6 is 11.6 Å². The van der Waals surface area contributed by atoms with Crippen molar-refractivity contribution < 1.29 is 27.5 Å². The number of carboxylic acid groups (broad SMARTS) is 1. The van der Waals surface area contributed by atoms with Crippen LogP contribution in [0.5, 0.6) is 0 Å². The summed E-state index contributed by atoms with van der Waals surface area (Å²) in [6.07, 6.45) is 1.71. The Bertz CT molecular complexity index is 1160. The number of rotatable bonds is 13. The van der Waals surface area contributed by atoms with E-state index in [1.165, 1.54) is 36.4 Å². The van der Waals surface area contributed by atoms with Crippen molar-refractivity contribution in [1.82, 2.24) is 5.32 Å². The first-order chi connectivity index (χ1) is 17.8. The van der Waals surface area contributed by atoms with Crippen LogP contribution in [-0.2, 0) is 19.6 Å². The van der Waals surface area contributed by atoms with Crippen LogP contribution in [0.25, 0.3) is 0 Å². The Kier molecular flexibility index (Phi) is 13.8. The fraction of sp³-hybridized carbons (Fsp3) is 0.500. The summed E-state index contributed by atoms with van der Waals surface area (Å²) in [5.74, 6) is -1.99. The minimum absolute atomic E-state index is 0.0103. The number of aryl methyl sites for hydroxylation is 1. The van der Waals surface area contributed by atoms with Crippen LogP contribution in [0.15, 0.2) is 47.4 Å². The fourth-order valence-electron chi connectivity index (χ4n) is 3.92. The van der Waals surface area contributed by atoms with Gasteiger partial charge in [0.25, 0.3) is 10.0 Å². The molecule has 0 heterocycles. The maximum absolute atomic E-state index is 14.8. The number of hydrogen-bond donors (Lipinski definition) is 2. The number of sulfonamides is 1. The van der Waals surface area contributed by atoms with Gasteiger partial charge in [-0.3, -0.25) is 9.10 Å². The summed E-state index contributed by atoms with van der Waals surface area (Å²) in [6, 6.07) is 8.43. The molecule has 0 radical (unpaired) electrons. The summed E-state index contributed by atoms with van der Waals surface area (Å²) >= 11 is 5.92. The minimum atomic E-state index is -4.11. The smallest absolute Gasteiger partial charge is 0.326 e. The number of carboxylic acids is 1. The largest absolute Gasteiger partial charge is 0.480 e. The van der Waals surface area contributed by atoms with Gasteiger partial charge >= 0.3 is 5.97 Å². The Balaban J connectivity index is 0.00000352. The molecule has 1 amide bonds. The molecular weight excluding hydrogens is 531 g/mol. The molecule has 0 fully saturated rings. The van der Waals surface area contributed by atoms with E-state index in [2.05, 4.69) is 5.32 Å². The van der Waals surface area contributed by atoms with Crippen LogP contribution in [0.2, 0.25) is 5.02 Å². The van der Waals surface area contributed by atoms with Crippen LogP contribution < -0.4 is 9.62 Å². The zero-order valence-electron chi connectivity index (χ0n) is 23.0. The molecule has 0 saturated carbocycles. The van der Waals surface area contributed by atoms with Crippen LogP contribution in [0.4, 0.5) is 10.1 Å². The average Bonchev–Trinajstić information content (AvgIpc) is 2.85. The number of carbonyl (C=O) groups is 2. The van der Waals surface area contributed by atoms with Gasteiger partial charge in [-0.1, -0.05) is 51.8 Å². The zero-order valence-corrected chi connectivity index (χ0v) is 24.6. The van der Waals surface area contributed by atoms with Gasteiger partial charge in [-0.2, -0.15) is 0 Å². The molecule has 38 heavy (non-hydrogen) atoms. The first-order valence-corrected chi connectivity index (χ1v) is 14.7. The van der Waals surface area contributed by atoms with E-state index in [4.69, 9.17) is 11.6 Å². The second-order valence-electron chi connectivity index (χ2n) is 9.39. The molecule has 10 heteroatoms. The summed E-state index contributed by atoms with van der Waals surface area (Å²) in [7, 11) is -4.11. The number of hydrogen-bond acceptors (Lipinski definition) is 4. The molecule has 2 N–H and O–H groups in total. The highest BCUT2D eigenvalue weighted by molar-refractivity contribution is 7.92. The number of halogens is 2. The molecule has 0 aliphatic rings. The van der Waals surface area contributed by atoms with Crippen molar-refractivity contribution in [3.63, 3.8) is 0 Å². The number of nitrogens with zero attached hydrogens (tertiary/aromatic N) is 1.